The van der Waals surface area contributed by atoms with Gasteiger partial charge in [-0.25, -0.2) is 9.59 Å². The summed E-state index contributed by atoms with van der Waals surface area (Å²) in [5, 5.41) is 4.80. The number of hydrogen-bond acceptors (Lipinski definition) is 6. The van der Waals surface area contributed by atoms with Crippen molar-refractivity contribution in [2.75, 3.05) is 19.8 Å². The second kappa shape index (κ2) is 8.03. The van der Waals surface area contributed by atoms with Gasteiger partial charge in [0, 0.05) is 12.6 Å². The van der Waals surface area contributed by atoms with E-state index in [1.54, 1.807) is 13.8 Å². The monoisotopic (exact) mass is 298 g/mol. The molecule has 2 amide bonds. The van der Waals surface area contributed by atoms with Crippen LogP contribution in [-0.4, -0.2) is 49.6 Å². The third kappa shape index (κ3) is 4.90. The van der Waals surface area contributed by atoms with Crippen molar-refractivity contribution in [3.8, 4) is 0 Å². The van der Waals surface area contributed by atoms with Crippen LogP contribution in [-0.2, 0) is 28.7 Å². The van der Waals surface area contributed by atoms with Crippen LogP contribution in [0.1, 0.15) is 20.3 Å². The summed E-state index contributed by atoms with van der Waals surface area (Å²) in [6.45, 7) is 3.67. The van der Waals surface area contributed by atoms with Crippen LogP contribution in [0.15, 0.2) is 11.6 Å². The fourth-order valence-corrected chi connectivity index (χ4v) is 1.76. The topological polar surface area (TPSA) is 111 Å². The third-order valence-electron chi connectivity index (χ3n) is 2.66. The second-order valence-corrected chi connectivity index (χ2v) is 4.14. The smallest absolute Gasteiger partial charge is 0.396 e. The molecule has 0 fully saturated rings. The molecule has 0 saturated carbocycles. The van der Waals surface area contributed by atoms with Crippen molar-refractivity contribution < 1.29 is 28.7 Å². The molecule has 116 valence electrons. The number of hydrogen-bond donors (Lipinski definition) is 2. The van der Waals surface area contributed by atoms with Crippen LogP contribution in [0.5, 0.6) is 0 Å². The summed E-state index contributed by atoms with van der Waals surface area (Å²) >= 11 is 0. The van der Waals surface area contributed by atoms with Crippen molar-refractivity contribution in [2.45, 2.75) is 26.3 Å². The average molecular weight is 298 g/mol. The highest BCUT2D eigenvalue weighted by Crippen LogP contribution is 2.12. The number of esters is 2. The minimum absolute atomic E-state index is 0.0431. The lowest BCUT2D eigenvalue weighted by atomic mass is 10.0. The van der Waals surface area contributed by atoms with Crippen molar-refractivity contribution in [2.24, 2.45) is 0 Å². The number of amides is 2. The maximum atomic E-state index is 11.9. The zero-order chi connectivity index (χ0) is 15.8. The lowest BCUT2D eigenvalue weighted by Crippen LogP contribution is -2.48. The van der Waals surface area contributed by atoms with Gasteiger partial charge in [-0.3, -0.25) is 9.59 Å². The van der Waals surface area contributed by atoms with Crippen LogP contribution in [0.4, 0.5) is 0 Å². The molecule has 0 radical (unpaired) electrons. The maximum absolute atomic E-state index is 11.9. The summed E-state index contributed by atoms with van der Waals surface area (Å²) in [5.41, 5.74) is 0.384. The van der Waals surface area contributed by atoms with E-state index in [9.17, 15) is 19.2 Å². The van der Waals surface area contributed by atoms with E-state index in [0.29, 0.717) is 18.5 Å². The van der Waals surface area contributed by atoms with E-state index in [4.69, 9.17) is 4.74 Å². The van der Waals surface area contributed by atoms with Crippen molar-refractivity contribution in [3.05, 3.63) is 11.6 Å². The zero-order valence-electron chi connectivity index (χ0n) is 11.9. The Kier molecular flexibility index (Phi) is 6.38. The van der Waals surface area contributed by atoms with Crippen molar-refractivity contribution in [3.63, 3.8) is 0 Å². The molecule has 0 aromatic heterocycles. The second-order valence-electron chi connectivity index (χ2n) is 4.14. The molecule has 0 aromatic rings. The molecule has 1 aliphatic heterocycles. The molecule has 1 rings (SSSR count). The van der Waals surface area contributed by atoms with E-state index in [1.165, 1.54) is 6.08 Å². The Bertz CT molecular complexity index is 471. The van der Waals surface area contributed by atoms with Crippen LogP contribution >= 0.6 is 0 Å². The summed E-state index contributed by atoms with van der Waals surface area (Å²) in [6, 6.07) is -1.17. The van der Waals surface area contributed by atoms with Gasteiger partial charge >= 0.3 is 17.8 Å². The Labute approximate surface area is 121 Å². The van der Waals surface area contributed by atoms with Gasteiger partial charge in [-0.05, 0) is 25.8 Å². The highest BCUT2D eigenvalue weighted by atomic mass is 16.5. The third-order valence-corrected chi connectivity index (χ3v) is 2.66. The fraction of sp³-hybridized carbons (Fsp3) is 0.538. The molecule has 1 unspecified atom stereocenters. The first-order valence-electron chi connectivity index (χ1n) is 6.62. The SMILES string of the molecule is CCOC(=O)C(=O)NC(C(=O)OCC)C1=CC(=O)NCC1. The lowest BCUT2D eigenvalue weighted by molar-refractivity contribution is -0.156. The first-order chi connectivity index (χ1) is 9.99. The van der Waals surface area contributed by atoms with E-state index in [2.05, 4.69) is 15.4 Å². The molecule has 1 aliphatic rings. The summed E-state index contributed by atoms with van der Waals surface area (Å²) in [4.78, 5) is 46.2. The van der Waals surface area contributed by atoms with Gasteiger partial charge < -0.3 is 20.1 Å². The first-order valence-corrected chi connectivity index (χ1v) is 6.62. The zero-order valence-corrected chi connectivity index (χ0v) is 11.9. The number of carbonyl (C=O) groups excluding carboxylic acids is 4. The Balaban J connectivity index is 2.87. The standard InChI is InChI=1S/C13H18N2O6/c1-3-20-12(18)10(8-5-6-14-9(16)7-8)15-11(17)13(19)21-4-2/h7,10H,3-6H2,1-2H3,(H,14,16)(H,15,17). The quantitative estimate of drug-likeness (QED) is 0.500. The van der Waals surface area contributed by atoms with Crippen molar-refractivity contribution in [1.29, 1.82) is 0 Å². The van der Waals surface area contributed by atoms with Gasteiger partial charge in [0.1, 0.15) is 6.04 Å². The molecular formula is C13H18N2O6. The van der Waals surface area contributed by atoms with Crippen LogP contribution in [0.2, 0.25) is 0 Å². The van der Waals surface area contributed by atoms with Crippen LogP contribution in [0.3, 0.4) is 0 Å². The van der Waals surface area contributed by atoms with Gasteiger partial charge in [0.25, 0.3) is 0 Å². The van der Waals surface area contributed by atoms with Gasteiger partial charge in [0.2, 0.25) is 5.91 Å². The number of nitrogens with one attached hydrogen (secondary N) is 2. The Hall–Kier alpha value is -2.38. The molecule has 21 heavy (non-hydrogen) atoms. The van der Waals surface area contributed by atoms with Crippen molar-refractivity contribution in [1.82, 2.24) is 10.6 Å². The van der Waals surface area contributed by atoms with Gasteiger partial charge in [-0.2, -0.15) is 0 Å². The van der Waals surface area contributed by atoms with Gasteiger partial charge in [0.15, 0.2) is 0 Å². The van der Waals surface area contributed by atoms with Crippen molar-refractivity contribution >= 4 is 23.8 Å². The van der Waals surface area contributed by atoms with E-state index in [0.717, 1.165) is 0 Å². The minimum Gasteiger partial charge on any atom is -0.464 e. The van der Waals surface area contributed by atoms with E-state index in [-0.39, 0.29) is 19.1 Å². The van der Waals surface area contributed by atoms with Gasteiger partial charge in [-0.1, -0.05) is 0 Å². The largest absolute Gasteiger partial charge is 0.464 e. The number of rotatable bonds is 5. The predicted octanol–water partition coefficient (Wildman–Crippen LogP) is -0.956. The average Bonchev–Trinajstić information content (AvgIpc) is 2.44. The summed E-state index contributed by atoms with van der Waals surface area (Å²) in [5.74, 6) is -3.23. The molecule has 0 bridgehead atoms. The van der Waals surface area contributed by atoms with E-state index >= 15 is 0 Å². The summed E-state index contributed by atoms with van der Waals surface area (Å²) in [6.07, 6.45) is 1.59. The highest BCUT2D eigenvalue weighted by Gasteiger charge is 2.30. The van der Waals surface area contributed by atoms with Crippen LogP contribution < -0.4 is 10.6 Å². The summed E-state index contributed by atoms with van der Waals surface area (Å²) < 4.78 is 9.41. The Morgan fingerprint density at radius 3 is 2.52 bits per heavy atom. The van der Waals surface area contributed by atoms with Crippen LogP contribution in [0.25, 0.3) is 0 Å². The molecule has 8 heteroatoms. The predicted molar refractivity (Wildman–Crippen MR) is 70.9 cm³/mol. The molecule has 0 saturated heterocycles. The number of ether oxygens (including phenoxy) is 2. The van der Waals surface area contributed by atoms with Crippen LogP contribution in [0, 0.1) is 0 Å². The Morgan fingerprint density at radius 2 is 1.95 bits per heavy atom. The van der Waals surface area contributed by atoms with E-state index < -0.39 is 23.9 Å². The first kappa shape index (κ1) is 16.7. The molecule has 0 aliphatic carbocycles. The highest BCUT2D eigenvalue weighted by molar-refractivity contribution is 6.33. The number of carbonyl (C=O) groups is 4. The maximum Gasteiger partial charge on any atom is 0.396 e. The molecule has 2 N–H and O–H groups in total. The molecule has 1 atom stereocenters. The molecule has 1 heterocycles. The normalized spacial score (nSPS) is 15.3. The van der Waals surface area contributed by atoms with Gasteiger partial charge in [0.05, 0.1) is 13.2 Å². The molecule has 8 nitrogen and oxygen atoms in total. The molecule has 0 aromatic carbocycles. The lowest BCUT2D eigenvalue weighted by Gasteiger charge is -2.22. The van der Waals surface area contributed by atoms with E-state index in [1.807, 2.05) is 0 Å². The Morgan fingerprint density at radius 1 is 1.29 bits per heavy atom. The van der Waals surface area contributed by atoms with Gasteiger partial charge in [-0.15, -0.1) is 0 Å². The fourth-order valence-electron chi connectivity index (χ4n) is 1.76. The molecular weight excluding hydrogens is 280 g/mol. The summed E-state index contributed by atoms with van der Waals surface area (Å²) in [7, 11) is 0. The minimum atomic E-state index is -1.17. The molecule has 0 spiro atoms.